The van der Waals surface area contributed by atoms with Gasteiger partial charge < -0.3 is 4.74 Å². The first kappa shape index (κ1) is 21.2. The Morgan fingerprint density at radius 3 is 2.63 bits per heavy atom. The van der Waals surface area contributed by atoms with Crippen LogP contribution in [0.25, 0.3) is 22.9 Å². The van der Waals surface area contributed by atoms with E-state index in [1.165, 1.54) is 42.2 Å². The van der Waals surface area contributed by atoms with Crippen LogP contribution in [0.15, 0.2) is 47.8 Å². The number of ether oxygens (including phenoxy) is 1. The van der Waals surface area contributed by atoms with E-state index >= 15 is 0 Å². The first-order valence-corrected chi connectivity index (χ1v) is 10.3. The molecule has 0 saturated heterocycles. The Bertz CT molecular complexity index is 1130. The minimum Gasteiger partial charge on any atom is -0.496 e. The van der Waals surface area contributed by atoms with Crippen LogP contribution in [0, 0.1) is 27.4 Å². The van der Waals surface area contributed by atoms with Gasteiger partial charge in [-0.05, 0) is 30.0 Å². The van der Waals surface area contributed by atoms with Crippen molar-refractivity contribution < 1.29 is 9.66 Å². The lowest BCUT2D eigenvalue weighted by atomic mass is 10.0. The molecule has 6 nitrogen and oxygen atoms in total. The zero-order valence-electron chi connectivity index (χ0n) is 17.0. The molecule has 2 aromatic carbocycles. The molecule has 7 heteroatoms. The highest BCUT2D eigenvalue weighted by atomic mass is 32.1. The van der Waals surface area contributed by atoms with Crippen LogP contribution in [-0.2, 0) is 6.42 Å². The van der Waals surface area contributed by atoms with Crippen molar-refractivity contribution in [3.05, 3.63) is 74.1 Å². The van der Waals surface area contributed by atoms with Crippen LogP contribution >= 0.6 is 11.3 Å². The molecule has 30 heavy (non-hydrogen) atoms. The predicted molar refractivity (Wildman–Crippen MR) is 119 cm³/mol. The summed E-state index contributed by atoms with van der Waals surface area (Å²) in [6.07, 6.45) is 2.59. The number of thiazole rings is 1. The fourth-order valence-corrected chi connectivity index (χ4v) is 3.85. The molecule has 1 aromatic heterocycles. The number of nitriles is 1. The third-order valence-corrected chi connectivity index (χ3v) is 5.35. The average Bonchev–Trinajstić information content (AvgIpc) is 3.21. The molecule has 0 N–H and O–H groups in total. The van der Waals surface area contributed by atoms with E-state index in [1.54, 1.807) is 6.08 Å². The summed E-state index contributed by atoms with van der Waals surface area (Å²) in [6, 6.07) is 14.7. The van der Waals surface area contributed by atoms with Crippen molar-refractivity contribution in [1.29, 1.82) is 5.26 Å². The quantitative estimate of drug-likeness (QED) is 0.267. The SMILES string of the molecule is COc1ccc([N+](=O)[O-])cc1C=C(C#N)c1nc(-c2ccc(CC(C)C)cc2)cs1. The molecule has 0 fully saturated rings. The highest BCUT2D eigenvalue weighted by molar-refractivity contribution is 7.11. The number of hydrogen-bond acceptors (Lipinski definition) is 6. The number of nitro groups is 1. The molecule has 0 unspecified atom stereocenters. The van der Waals surface area contributed by atoms with Crippen LogP contribution in [0.2, 0.25) is 0 Å². The third kappa shape index (κ3) is 4.91. The standard InChI is InChI=1S/C23H21N3O3S/c1-15(2)10-16-4-6-17(7-5-16)21-14-30-23(25-21)19(13-24)11-18-12-20(26(27)28)8-9-22(18)29-3/h4-9,11-12,14-15H,10H2,1-3H3. The lowest BCUT2D eigenvalue weighted by Crippen LogP contribution is -1.93. The van der Waals surface area contributed by atoms with Crippen molar-refractivity contribution in [2.45, 2.75) is 20.3 Å². The van der Waals surface area contributed by atoms with E-state index in [0.717, 1.165) is 17.7 Å². The van der Waals surface area contributed by atoms with Gasteiger partial charge in [0.2, 0.25) is 0 Å². The van der Waals surface area contributed by atoms with Crippen molar-refractivity contribution in [2.24, 2.45) is 5.92 Å². The Balaban J connectivity index is 1.92. The first-order valence-electron chi connectivity index (χ1n) is 9.40. The monoisotopic (exact) mass is 419 g/mol. The number of rotatable bonds is 7. The van der Waals surface area contributed by atoms with Crippen molar-refractivity contribution in [2.75, 3.05) is 7.11 Å². The Morgan fingerprint density at radius 2 is 2.03 bits per heavy atom. The van der Waals surface area contributed by atoms with Gasteiger partial charge in [-0.25, -0.2) is 4.98 Å². The van der Waals surface area contributed by atoms with Gasteiger partial charge in [-0.2, -0.15) is 5.26 Å². The van der Waals surface area contributed by atoms with Crippen molar-refractivity contribution >= 4 is 28.7 Å². The van der Waals surface area contributed by atoms with Gasteiger partial charge >= 0.3 is 0 Å². The van der Waals surface area contributed by atoms with Gasteiger partial charge in [0, 0.05) is 28.6 Å². The summed E-state index contributed by atoms with van der Waals surface area (Å²) >= 11 is 1.36. The molecule has 0 spiro atoms. The number of non-ortho nitro benzene ring substituents is 1. The molecule has 0 amide bonds. The van der Waals surface area contributed by atoms with E-state index in [1.807, 2.05) is 17.5 Å². The number of hydrogen-bond donors (Lipinski definition) is 0. The number of nitrogens with zero attached hydrogens (tertiary/aromatic N) is 3. The van der Waals surface area contributed by atoms with Gasteiger partial charge in [-0.3, -0.25) is 10.1 Å². The number of nitro benzene ring substituents is 1. The van der Waals surface area contributed by atoms with Gasteiger partial charge in [0.15, 0.2) is 0 Å². The van der Waals surface area contributed by atoms with E-state index in [-0.39, 0.29) is 5.69 Å². The van der Waals surface area contributed by atoms with E-state index < -0.39 is 4.92 Å². The maximum absolute atomic E-state index is 11.1. The molecule has 1 heterocycles. The molecule has 3 rings (SSSR count). The molecule has 0 bridgehead atoms. The highest BCUT2D eigenvalue weighted by Gasteiger charge is 2.14. The minimum absolute atomic E-state index is 0.0688. The van der Waals surface area contributed by atoms with Gasteiger partial charge in [0.1, 0.15) is 16.8 Å². The third-order valence-electron chi connectivity index (χ3n) is 4.47. The van der Waals surface area contributed by atoms with Crippen LogP contribution in [-0.4, -0.2) is 17.0 Å². The largest absolute Gasteiger partial charge is 0.496 e. The number of allylic oxidation sites excluding steroid dienone is 1. The average molecular weight is 420 g/mol. The van der Waals surface area contributed by atoms with Crippen molar-refractivity contribution in [1.82, 2.24) is 4.98 Å². The highest BCUT2D eigenvalue weighted by Crippen LogP contribution is 2.31. The second kappa shape index (κ2) is 9.33. The lowest BCUT2D eigenvalue weighted by molar-refractivity contribution is -0.384. The van der Waals surface area contributed by atoms with Gasteiger partial charge in [0.25, 0.3) is 5.69 Å². The fourth-order valence-electron chi connectivity index (χ4n) is 3.06. The maximum atomic E-state index is 11.1. The summed E-state index contributed by atoms with van der Waals surface area (Å²) in [6.45, 7) is 4.37. The van der Waals surface area contributed by atoms with E-state index in [2.05, 4.69) is 37.0 Å². The Morgan fingerprint density at radius 1 is 1.30 bits per heavy atom. The molecular formula is C23H21N3O3S. The molecule has 0 radical (unpaired) electrons. The van der Waals surface area contributed by atoms with Crippen LogP contribution < -0.4 is 4.74 Å². The molecule has 3 aromatic rings. The molecule has 0 aliphatic heterocycles. The topological polar surface area (TPSA) is 89.0 Å². The molecule has 0 saturated carbocycles. The summed E-state index contributed by atoms with van der Waals surface area (Å²) in [5.41, 5.74) is 3.76. The number of aromatic nitrogens is 1. The van der Waals surface area contributed by atoms with Crippen LogP contribution in [0.3, 0.4) is 0 Å². The van der Waals surface area contributed by atoms with E-state index in [4.69, 9.17) is 4.74 Å². The second-order valence-electron chi connectivity index (χ2n) is 7.19. The van der Waals surface area contributed by atoms with Gasteiger partial charge in [-0.1, -0.05) is 38.1 Å². The Kier molecular flexibility index (Phi) is 6.60. The summed E-state index contributed by atoms with van der Waals surface area (Å²) in [5.74, 6) is 1.04. The maximum Gasteiger partial charge on any atom is 0.270 e. The van der Waals surface area contributed by atoms with Gasteiger partial charge in [0.05, 0.1) is 23.3 Å². The lowest BCUT2D eigenvalue weighted by Gasteiger charge is -2.05. The number of methoxy groups -OCH3 is 1. The molecule has 0 atom stereocenters. The Labute approximate surface area is 179 Å². The van der Waals surface area contributed by atoms with Crippen LogP contribution in [0.5, 0.6) is 5.75 Å². The van der Waals surface area contributed by atoms with E-state index in [9.17, 15) is 15.4 Å². The van der Waals surface area contributed by atoms with Gasteiger partial charge in [-0.15, -0.1) is 11.3 Å². The molecular weight excluding hydrogens is 398 g/mol. The summed E-state index contributed by atoms with van der Waals surface area (Å²) in [7, 11) is 1.48. The summed E-state index contributed by atoms with van der Waals surface area (Å²) in [5, 5.41) is 23.2. The normalized spacial score (nSPS) is 11.4. The molecule has 0 aliphatic rings. The van der Waals surface area contributed by atoms with Crippen molar-refractivity contribution in [3.8, 4) is 23.1 Å². The second-order valence-corrected chi connectivity index (χ2v) is 8.04. The summed E-state index contributed by atoms with van der Waals surface area (Å²) in [4.78, 5) is 15.2. The Hall–Kier alpha value is -3.50. The van der Waals surface area contributed by atoms with E-state index in [0.29, 0.717) is 27.8 Å². The minimum atomic E-state index is -0.479. The predicted octanol–water partition coefficient (Wildman–Crippen LogP) is 5.99. The fraction of sp³-hybridized carbons (Fsp3) is 0.217. The summed E-state index contributed by atoms with van der Waals surface area (Å²) < 4.78 is 5.28. The smallest absolute Gasteiger partial charge is 0.270 e. The first-order chi connectivity index (χ1) is 14.4. The van der Waals surface area contributed by atoms with Crippen molar-refractivity contribution in [3.63, 3.8) is 0 Å². The van der Waals surface area contributed by atoms with Crippen LogP contribution in [0.4, 0.5) is 5.69 Å². The van der Waals surface area contributed by atoms with Crippen LogP contribution in [0.1, 0.15) is 30.0 Å². The molecule has 152 valence electrons. The zero-order valence-corrected chi connectivity index (χ0v) is 17.8. The zero-order chi connectivity index (χ0) is 21.7. The molecule has 0 aliphatic carbocycles. The number of benzene rings is 2.